The van der Waals surface area contributed by atoms with Crippen molar-refractivity contribution < 1.29 is 9.53 Å². The van der Waals surface area contributed by atoms with Crippen LogP contribution in [0.1, 0.15) is 29.0 Å². The standard InChI is InChI=1S/C18H21N5O2S/c1-11-16(22-26-21-11)17(24)20-8-12-13-9-23(15-4-2-3-7-19-15)10-18(13)6-5-14(12)25-18/h2-4,7,12-14H,5-6,8-10H2,1H3,(H,20,24)/t12-,13+,14+,18+/m0/s1. The van der Waals surface area contributed by atoms with Crippen LogP contribution in [0, 0.1) is 18.8 Å². The van der Waals surface area contributed by atoms with E-state index in [1.807, 2.05) is 25.3 Å². The molecular weight excluding hydrogens is 350 g/mol. The number of rotatable bonds is 4. The summed E-state index contributed by atoms with van der Waals surface area (Å²) in [5.41, 5.74) is 1.06. The normalized spacial score (nSPS) is 32.0. The van der Waals surface area contributed by atoms with Crippen LogP contribution in [0.2, 0.25) is 0 Å². The number of fused-ring (bicyclic) bond motifs is 1. The third kappa shape index (κ3) is 2.43. The molecule has 0 aliphatic carbocycles. The molecule has 3 aliphatic heterocycles. The number of carbonyl (C=O) groups is 1. The number of pyridine rings is 1. The number of ether oxygens (including phenoxy) is 1. The first-order valence-corrected chi connectivity index (χ1v) is 9.80. The van der Waals surface area contributed by atoms with Gasteiger partial charge in [-0.2, -0.15) is 8.75 Å². The lowest BCUT2D eigenvalue weighted by molar-refractivity contribution is 0.0141. The second-order valence-electron chi connectivity index (χ2n) is 7.51. The van der Waals surface area contributed by atoms with Gasteiger partial charge in [-0.1, -0.05) is 6.07 Å². The molecule has 5 heterocycles. The van der Waals surface area contributed by atoms with Gasteiger partial charge >= 0.3 is 0 Å². The zero-order valence-corrected chi connectivity index (χ0v) is 15.4. The van der Waals surface area contributed by atoms with Crippen LogP contribution in [0.5, 0.6) is 0 Å². The van der Waals surface area contributed by atoms with Crippen LogP contribution < -0.4 is 10.2 Å². The molecule has 4 atom stereocenters. The Hall–Kier alpha value is -2.06. The van der Waals surface area contributed by atoms with Crippen molar-refractivity contribution in [3.63, 3.8) is 0 Å². The number of hydrogen-bond donors (Lipinski definition) is 1. The van der Waals surface area contributed by atoms with E-state index >= 15 is 0 Å². The highest BCUT2D eigenvalue weighted by atomic mass is 32.1. The van der Waals surface area contributed by atoms with Gasteiger partial charge in [-0.05, 0) is 31.9 Å². The first kappa shape index (κ1) is 16.1. The minimum absolute atomic E-state index is 0.0737. The molecule has 1 N–H and O–H groups in total. The van der Waals surface area contributed by atoms with Gasteiger partial charge in [-0.3, -0.25) is 4.79 Å². The van der Waals surface area contributed by atoms with Gasteiger partial charge in [-0.15, -0.1) is 0 Å². The Morgan fingerprint density at radius 2 is 2.38 bits per heavy atom. The Bertz CT molecular complexity index is 828. The van der Waals surface area contributed by atoms with Crippen molar-refractivity contribution in [2.75, 3.05) is 24.5 Å². The summed E-state index contributed by atoms with van der Waals surface area (Å²) in [6, 6.07) is 6.02. The minimum atomic E-state index is -0.132. The SMILES string of the molecule is Cc1nsnc1C(=O)NC[C@H]1[C@H]2CN(c3ccccn3)C[C@]23CC[C@H]1O3. The molecule has 2 bridgehead atoms. The summed E-state index contributed by atoms with van der Waals surface area (Å²) in [4.78, 5) is 19.2. The molecule has 2 aromatic heterocycles. The van der Waals surface area contributed by atoms with Crippen molar-refractivity contribution >= 4 is 23.5 Å². The van der Waals surface area contributed by atoms with E-state index in [2.05, 4.69) is 30.0 Å². The molecule has 1 amide bonds. The Morgan fingerprint density at radius 1 is 1.46 bits per heavy atom. The third-order valence-corrected chi connectivity index (χ3v) is 6.74. The molecule has 0 unspecified atom stereocenters. The molecule has 8 heteroatoms. The lowest BCUT2D eigenvalue weighted by Crippen LogP contribution is -2.42. The highest BCUT2D eigenvalue weighted by Gasteiger charge is 2.63. The fourth-order valence-electron chi connectivity index (χ4n) is 4.91. The lowest BCUT2D eigenvalue weighted by atomic mass is 9.73. The number of hydrogen-bond acceptors (Lipinski definition) is 7. The van der Waals surface area contributed by atoms with E-state index in [4.69, 9.17) is 4.74 Å². The van der Waals surface area contributed by atoms with Gasteiger partial charge in [0, 0.05) is 37.7 Å². The van der Waals surface area contributed by atoms with Crippen LogP contribution in [0.4, 0.5) is 5.82 Å². The first-order valence-electron chi connectivity index (χ1n) is 9.07. The molecule has 0 saturated carbocycles. The molecular formula is C18H21N5O2S. The Labute approximate surface area is 156 Å². The third-order valence-electron chi connectivity index (χ3n) is 6.12. The van der Waals surface area contributed by atoms with Crippen LogP contribution in [0.25, 0.3) is 0 Å². The van der Waals surface area contributed by atoms with Gasteiger partial charge in [-0.25, -0.2) is 4.98 Å². The van der Waals surface area contributed by atoms with E-state index in [-0.39, 0.29) is 17.6 Å². The summed E-state index contributed by atoms with van der Waals surface area (Å²) in [7, 11) is 0. The second kappa shape index (κ2) is 5.99. The van der Waals surface area contributed by atoms with E-state index < -0.39 is 0 Å². The van der Waals surface area contributed by atoms with Gasteiger partial charge in [0.15, 0.2) is 5.69 Å². The van der Waals surface area contributed by atoms with Crippen molar-refractivity contribution in [2.24, 2.45) is 11.8 Å². The zero-order valence-electron chi connectivity index (χ0n) is 14.6. The average molecular weight is 371 g/mol. The molecule has 2 aromatic rings. The lowest BCUT2D eigenvalue weighted by Gasteiger charge is -2.29. The largest absolute Gasteiger partial charge is 0.369 e. The second-order valence-corrected chi connectivity index (χ2v) is 8.04. The van der Waals surface area contributed by atoms with E-state index in [1.165, 1.54) is 0 Å². The number of aryl methyl sites for hydroxylation is 1. The monoisotopic (exact) mass is 371 g/mol. The Morgan fingerprint density at radius 3 is 3.15 bits per heavy atom. The molecule has 5 rings (SSSR count). The number of anilines is 1. The Balaban J connectivity index is 1.30. The highest BCUT2D eigenvalue weighted by molar-refractivity contribution is 6.99. The minimum Gasteiger partial charge on any atom is -0.369 e. The number of amides is 1. The number of nitrogens with one attached hydrogen (secondary N) is 1. The predicted octanol–water partition coefficient (Wildman–Crippen LogP) is 1.66. The molecule has 1 spiro atoms. The molecule has 3 fully saturated rings. The molecule has 3 saturated heterocycles. The maximum Gasteiger partial charge on any atom is 0.272 e. The molecule has 26 heavy (non-hydrogen) atoms. The van der Waals surface area contributed by atoms with E-state index in [0.717, 1.165) is 43.5 Å². The van der Waals surface area contributed by atoms with Crippen LogP contribution in [-0.2, 0) is 4.74 Å². The molecule has 0 aromatic carbocycles. The van der Waals surface area contributed by atoms with E-state index in [9.17, 15) is 4.79 Å². The summed E-state index contributed by atoms with van der Waals surface area (Å²) in [5.74, 6) is 1.65. The quantitative estimate of drug-likeness (QED) is 0.880. The highest BCUT2D eigenvalue weighted by Crippen LogP contribution is 2.55. The summed E-state index contributed by atoms with van der Waals surface area (Å²) >= 11 is 1.08. The van der Waals surface area contributed by atoms with Crippen molar-refractivity contribution in [2.45, 2.75) is 31.5 Å². The van der Waals surface area contributed by atoms with Crippen molar-refractivity contribution in [3.8, 4) is 0 Å². The van der Waals surface area contributed by atoms with Crippen LogP contribution in [0.15, 0.2) is 24.4 Å². The fraction of sp³-hybridized carbons (Fsp3) is 0.556. The van der Waals surface area contributed by atoms with Crippen LogP contribution in [0.3, 0.4) is 0 Å². The maximum atomic E-state index is 12.4. The summed E-state index contributed by atoms with van der Waals surface area (Å²) in [6.07, 6.45) is 4.26. The summed E-state index contributed by atoms with van der Waals surface area (Å²) in [5, 5.41) is 3.07. The molecule has 136 valence electrons. The Kier molecular flexibility index (Phi) is 3.72. The molecule has 0 radical (unpaired) electrons. The molecule has 7 nitrogen and oxygen atoms in total. The van der Waals surface area contributed by atoms with Gasteiger partial charge in [0.2, 0.25) is 0 Å². The van der Waals surface area contributed by atoms with Gasteiger partial charge in [0.1, 0.15) is 5.82 Å². The summed E-state index contributed by atoms with van der Waals surface area (Å²) < 4.78 is 14.6. The van der Waals surface area contributed by atoms with Gasteiger partial charge in [0.25, 0.3) is 5.91 Å². The van der Waals surface area contributed by atoms with Crippen molar-refractivity contribution in [3.05, 3.63) is 35.8 Å². The van der Waals surface area contributed by atoms with Crippen molar-refractivity contribution in [1.29, 1.82) is 0 Å². The fourth-order valence-corrected chi connectivity index (χ4v) is 5.46. The smallest absolute Gasteiger partial charge is 0.272 e. The first-order chi connectivity index (χ1) is 12.7. The van der Waals surface area contributed by atoms with Crippen LogP contribution in [-0.4, -0.2) is 51.0 Å². The van der Waals surface area contributed by atoms with E-state index in [0.29, 0.717) is 29.8 Å². The topological polar surface area (TPSA) is 80.2 Å². The van der Waals surface area contributed by atoms with Crippen molar-refractivity contribution in [1.82, 2.24) is 19.0 Å². The zero-order chi connectivity index (χ0) is 17.7. The summed E-state index contributed by atoms with van der Waals surface area (Å²) in [6.45, 7) is 4.27. The predicted molar refractivity (Wildman–Crippen MR) is 97.2 cm³/mol. The van der Waals surface area contributed by atoms with Gasteiger partial charge < -0.3 is 15.0 Å². The van der Waals surface area contributed by atoms with Gasteiger partial charge in [0.05, 0.1) is 29.1 Å². The van der Waals surface area contributed by atoms with E-state index in [1.54, 1.807) is 0 Å². The molecule has 3 aliphatic rings. The number of aromatic nitrogens is 3. The van der Waals surface area contributed by atoms with Crippen LogP contribution >= 0.6 is 11.7 Å². The maximum absolute atomic E-state index is 12.4. The number of carbonyl (C=O) groups excluding carboxylic acids is 1. The average Bonchev–Trinajstić information content (AvgIpc) is 3.40. The number of nitrogens with zero attached hydrogens (tertiary/aromatic N) is 4.